The molecule has 0 aromatic heterocycles. The molecule has 1 heterocycles. The Morgan fingerprint density at radius 1 is 1.20 bits per heavy atom. The predicted octanol–water partition coefficient (Wildman–Crippen LogP) is 3.90. The summed E-state index contributed by atoms with van der Waals surface area (Å²) >= 11 is 0. The fourth-order valence-corrected chi connectivity index (χ4v) is 3.75. The molecule has 5 heteroatoms. The van der Waals surface area contributed by atoms with E-state index in [1.807, 2.05) is 29.2 Å². The molecule has 1 aromatic carbocycles. The van der Waals surface area contributed by atoms with E-state index in [2.05, 4.69) is 17.6 Å². The zero-order chi connectivity index (χ0) is 17.6. The first kappa shape index (κ1) is 17.8. The number of nitrogens with one attached hydrogen (secondary N) is 2. The van der Waals surface area contributed by atoms with Crippen molar-refractivity contribution in [3.05, 3.63) is 29.8 Å². The smallest absolute Gasteiger partial charge is 0.319 e. The monoisotopic (exact) mass is 343 g/mol. The van der Waals surface area contributed by atoms with Crippen LogP contribution in [0.1, 0.15) is 57.4 Å². The number of hydrogen-bond acceptors (Lipinski definition) is 2. The molecule has 1 saturated carbocycles. The van der Waals surface area contributed by atoms with E-state index in [-0.39, 0.29) is 18.0 Å². The Hall–Kier alpha value is -2.04. The van der Waals surface area contributed by atoms with Gasteiger partial charge in [-0.05, 0) is 62.1 Å². The first-order valence-electron chi connectivity index (χ1n) is 9.54. The Morgan fingerprint density at radius 3 is 2.76 bits per heavy atom. The number of piperidine rings is 1. The van der Waals surface area contributed by atoms with Crippen LogP contribution in [0.25, 0.3) is 0 Å². The maximum Gasteiger partial charge on any atom is 0.319 e. The van der Waals surface area contributed by atoms with Crippen LogP contribution < -0.4 is 10.6 Å². The second-order valence-corrected chi connectivity index (χ2v) is 7.53. The highest BCUT2D eigenvalue weighted by Crippen LogP contribution is 2.23. The maximum absolute atomic E-state index is 12.2. The number of anilines is 1. The van der Waals surface area contributed by atoms with Crippen LogP contribution in [0.4, 0.5) is 10.5 Å². The summed E-state index contributed by atoms with van der Waals surface area (Å²) in [5, 5.41) is 6.02. The Balaban J connectivity index is 1.52. The van der Waals surface area contributed by atoms with Crippen molar-refractivity contribution in [3.8, 4) is 0 Å². The van der Waals surface area contributed by atoms with Crippen LogP contribution in [0.5, 0.6) is 0 Å². The molecule has 1 aliphatic heterocycles. The number of urea groups is 1. The molecule has 0 unspecified atom stereocenters. The minimum absolute atomic E-state index is 0.134. The number of carbonyl (C=O) groups excluding carboxylic acids is 2. The van der Waals surface area contributed by atoms with E-state index in [1.54, 1.807) is 0 Å². The third-order valence-corrected chi connectivity index (χ3v) is 5.33. The van der Waals surface area contributed by atoms with Crippen molar-refractivity contribution in [2.45, 2.75) is 64.5 Å². The number of carbonyl (C=O) groups is 2. The molecule has 0 radical (unpaired) electrons. The summed E-state index contributed by atoms with van der Waals surface area (Å²) in [4.78, 5) is 26.1. The second-order valence-electron chi connectivity index (χ2n) is 7.53. The average molecular weight is 343 g/mol. The minimum Gasteiger partial charge on any atom is -0.338 e. The SMILES string of the molecule is CC1CCC(NC(=O)Nc2cccc(CN3CCCCC3=O)c2)CC1. The second kappa shape index (κ2) is 8.37. The van der Waals surface area contributed by atoms with Gasteiger partial charge in [-0.3, -0.25) is 4.79 Å². The van der Waals surface area contributed by atoms with Gasteiger partial charge in [-0.15, -0.1) is 0 Å². The van der Waals surface area contributed by atoms with Crippen molar-refractivity contribution in [2.24, 2.45) is 5.92 Å². The maximum atomic E-state index is 12.2. The van der Waals surface area contributed by atoms with Crippen LogP contribution in [0, 0.1) is 5.92 Å². The summed E-state index contributed by atoms with van der Waals surface area (Å²) < 4.78 is 0. The van der Waals surface area contributed by atoms with Crippen LogP contribution >= 0.6 is 0 Å². The summed E-state index contributed by atoms with van der Waals surface area (Å²) in [5.41, 5.74) is 1.84. The number of amides is 3. The Labute approximate surface area is 150 Å². The molecular weight excluding hydrogens is 314 g/mol. The van der Waals surface area contributed by atoms with Crippen LogP contribution in [-0.2, 0) is 11.3 Å². The first-order chi connectivity index (χ1) is 12.1. The Morgan fingerprint density at radius 2 is 2.00 bits per heavy atom. The molecule has 1 aliphatic carbocycles. The van der Waals surface area contributed by atoms with Crippen LogP contribution in [0.2, 0.25) is 0 Å². The van der Waals surface area contributed by atoms with Gasteiger partial charge in [-0.25, -0.2) is 4.79 Å². The Kier molecular flexibility index (Phi) is 5.95. The molecule has 2 N–H and O–H groups in total. The number of benzene rings is 1. The summed E-state index contributed by atoms with van der Waals surface area (Å²) in [6.45, 7) is 3.72. The fraction of sp³-hybridized carbons (Fsp3) is 0.600. The molecule has 1 aromatic rings. The summed E-state index contributed by atoms with van der Waals surface area (Å²) in [6, 6.07) is 7.94. The molecular formula is C20H29N3O2. The van der Waals surface area contributed by atoms with Crippen molar-refractivity contribution in [3.63, 3.8) is 0 Å². The van der Waals surface area contributed by atoms with Crippen molar-refractivity contribution >= 4 is 17.6 Å². The molecule has 2 aliphatic rings. The van der Waals surface area contributed by atoms with Gasteiger partial charge in [0.1, 0.15) is 0 Å². The van der Waals surface area contributed by atoms with Gasteiger partial charge in [-0.1, -0.05) is 19.1 Å². The van der Waals surface area contributed by atoms with Gasteiger partial charge < -0.3 is 15.5 Å². The van der Waals surface area contributed by atoms with E-state index >= 15 is 0 Å². The van der Waals surface area contributed by atoms with E-state index in [1.165, 1.54) is 12.8 Å². The number of nitrogens with zero attached hydrogens (tertiary/aromatic N) is 1. The van der Waals surface area contributed by atoms with E-state index in [0.29, 0.717) is 13.0 Å². The van der Waals surface area contributed by atoms with Crippen LogP contribution in [0.15, 0.2) is 24.3 Å². The van der Waals surface area contributed by atoms with Gasteiger partial charge in [0, 0.05) is 31.2 Å². The molecule has 0 bridgehead atoms. The van der Waals surface area contributed by atoms with E-state index in [0.717, 1.165) is 49.4 Å². The van der Waals surface area contributed by atoms with E-state index in [4.69, 9.17) is 0 Å². The molecule has 2 fully saturated rings. The minimum atomic E-state index is -0.134. The normalized spacial score (nSPS) is 24.0. The van der Waals surface area contributed by atoms with Crippen LogP contribution in [0.3, 0.4) is 0 Å². The largest absolute Gasteiger partial charge is 0.338 e. The topological polar surface area (TPSA) is 61.4 Å². The summed E-state index contributed by atoms with van der Waals surface area (Å²) in [7, 11) is 0. The lowest BCUT2D eigenvalue weighted by molar-refractivity contribution is -0.133. The third-order valence-electron chi connectivity index (χ3n) is 5.33. The molecule has 3 rings (SSSR count). The van der Waals surface area contributed by atoms with E-state index in [9.17, 15) is 9.59 Å². The van der Waals surface area contributed by atoms with Gasteiger partial charge in [0.05, 0.1) is 0 Å². The number of rotatable bonds is 4. The molecule has 0 atom stereocenters. The number of likely N-dealkylation sites (tertiary alicyclic amines) is 1. The van der Waals surface area contributed by atoms with Gasteiger partial charge in [0.25, 0.3) is 0 Å². The van der Waals surface area contributed by atoms with Gasteiger partial charge in [0.2, 0.25) is 5.91 Å². The van der Waals surface area contributed by atoms with Crippen molar-refractivity contribution in [1.82, 2.24) is 10.2 Å². The molecule has 25 heavy (non-hydrogen) atoms. The highest BCUT2D eigenvalue weighted by Gasteiger charge is 2.20. The fourth-order valence-electron chi connectivity index (χ4n) is 3.75. The van der Waals surface area contributed by atoms with Gasteiger partial charge in [-0.2, -0.15) is 0 Å². The summed E-state index contributed by atoms with van der Waals surface area (Å²) in [5.74, 6) is 1.00. The molecule has 1 saturated heterocycles. The van der Waals surface area contributed by atoms with Gasteiger partial charge in [0.15, 0.2) is 0 Å². The molecule has 3 amide bonds. The summed E-state index contributed by atoms with van der Waals surface area (Å²) in [6.07, 6.45) is 7.22. The lowest BCUT2D eigenvalue weighted by Crippen LogP contribution is -2.40. The number of hydrogen-bond donors (Lipinski definition) is 2. The quantitative estimate of drug-likeness (QED) is 0.871. The lowest BCUT2D eigenvalue weighted by Gasteiger charge is -2.27. The predicted molar refractivity (Wildman–Crippen MR) is 99.3 cm³/mol. The third kappa shape index (κ3) is 5.21. The average Bonchev–Trinajstić information content (AvgIpc) is 2.59. The molecule has 5 nitrogen and oxygen atoms in total. The van der Waals surface area contributed by atoms with Crippen molar-refractivity contribution in [1.29, 1.82) is 0 Å². The molecule has 0 spiro atoms. The lowest BCUT2D eigenvalue weighted by atomic mass is 9.87. The van der Waals surface area contributed by atoms with Crippen LogP contribution in [-0.4, -0.2) is 29.4 Å². The van der Waals surface area contributed by atoms with Crippen molar-refractivity contribution < 1.29 is 9.59 Å². The standard InChI is InChI=1S/C20H29N3O2/c1-15-8-10-17(11-9-15)21-20(25)22-18-6-4-5-16(13-18)14-23-12-3-2-7-19(23)24/h4-6,13,15,17H,2-3,7-12,14H2,1H3,(H2,21,22,25). The zero-order valence-corrected chi connectivity index (χ0v) is 15.1. The van der Waals surface area contributed by atoms with Gasteiger partial charge >= 0.3 is 6.03 Å². The first-order valence-corrected chi connectivity index (χ1v) is 9.54. The highest BCUT2D eigenvalue weighted by molar-refractivity contribution is 5.89. The van der Waals surface area contributed by atoms with Crippen molar-refractivity contribution in [2.75, 3.05) is 11.9 Å². The zero-order valence-electron chi connectivity index (χ0n) is 15.1. The molecule has 136 valence electrons. The highest BCUT2D eigenvalue weighted by atomic mass is 16.2. The Bertz CT molecular complexity index is 609. The van der Waals surface area contributed by atoms with E-state index < -0.39 is 0 Å².